The summed E-state index contributed by atoms with van der Waals surface area (Å²) in [5.74, 6) is 1.65. The molecular weight excluding hydrogens is 206 g/mol. The third-order valence-electron chi connectivity index (χ3n) is 4.20. The van der Waals surface area contributed by atoms with Crippen LogP contribution < -0.4 is 5.32 Å². The van der Waals surface area contributed by atoms with Crippen LogP contribution in [0.5, 0.6) is 0 Å². The zero-order valence-electron chi connectivity index (χ0n) is 12.8. The Morgan fingerprint density at radius 1 is 1.06 bits per heavy atom. The highest BCUT2D eigenvalue weighted by molar-refractivity contribution is 4.89. The van der Waals surface area contributed by atoms with E-state index in [-0.39, 0.29) is 0 Å². The summed E-state index contributed by atoms with van der Waals surface area (Å²) in [5, 5.41) is 3.91. The predicted octanol–water partition coefficient (Wildman–Crippen LogP) is 4.62. The molecule has 1 heteroatoms. The monoisotopic (exact) mass is 239 g/mol. The smallest absolute Gasteiger partial charge is 0.0103 e. The number of hydrogen-bond donors (Lipinski definition) is 1. The summed E-state index contributed by atoms with van der Waals surface area (Å²) in [7, 11) is 0. The van der Waals surface area contributed by atoms with Crippen molar-refractivity contribution in [3.63, 3.8) is 0 Å². The SMILES string of the molecule is CC(C)CC(C)NC1CCCCC1C(C)(C)C. The first-order chi connectivity index (χ1) is 7.80. The molecule has 0 aliphatic heterocycles. The molecule has 0 aromatic carbocycles. The molecule has 0 aromatic heterocycles. The maximum atomic E-state index is 3.91. The molecule has 1 N–H and O–H groups in total. The first-order valence-corrected chi connectivity index (χ1v) is 7.56. The van der Waals surface area contributed by atoms with Gasteiger partial charge in [0, 0.05) is 12.1 Å². The molecule has 1 aliphatic rings. The van der Waals surface area contributed by atoms with Crippen LogP contribution in [0.3, 0.4) is 0 Å². The molecule has 0 aromatic rings. The minimum absolute atomic E-state index is 0.454. The molecule has 0 radical (unpaired) electrons. The highest BCUT2D eigenvalue weighted by Gasteiger charge is 2.34. The van der Waals surface area contributed by atoms with E-state index in [0.717, 1.165) is 17.9 Å². The Morgan fingerprint density at radius 3 is 2.18 bits per heavy atom. The second-order valence-corrected chi connectivity index (χ2v) is 7.56. The topological polar surface area (TPSA) is 12.0 Å². The fourth-order valence-electron chi connectivity index (χ4n) is 3.51. The van der Waals surface area contributed by atoms with Gasteiger partial charge in [0.2, 0.25) is 0 Å². The van der Waals surface area contributed by atoms with E-state index in [4.69, 9.17) is 0 Å². The Balaban J connectivity index is 2.54. The zero-order chi connectivity index (χ0) is 13.1. The van der Waals surface area contributed by atoms with Gasteiger partial charge in [-0.05, 0) is 43.4 Å². The molecule has 0 bridgehead atoms. The van der Waals surface area contributed by atoms with Crippen LogP contribution in [0, 0.1) is 17.3 Å². The van der Waals surface area contributed by atoms with Crippen molar-refractivity contribution >= 4 is 0 Å². The van der Waals surface area contributed by atoms with Crippen LogP contribution in [0.25, 0.3) is 0 Å². The molecule has 1 saturated carbocycles. The molecule has 0 spiro atoms. The maximum Gasteiger partial charge on any atom is 0.0103 e. The average molecular weight is 239 g/mol. The van der Waals surface area contributed by atoms with Crippen LogP contribution in [0.1, 0.15) is 73.6 Å². The molecule has 0 heterocycles. The minimum atomic E-state index is 0.454. The highest BCUT2D eigenvalue weighted by atomic mass is 15.0. The van der Waals surface area contributed by atoms with Gasteiger partial charge in [-0.15, -0.1) is 0 Å². The molecule has 17 heavy (non-hydrogen) atoms. The lowest BCUT2D eigenvalue weighted by molar-refractivity contribution is 0.122. The third-order valence-corrected chi connectivity index (χ3v) is 4.20. The number of rotatable bonds is 4. The molecule has 1 rings (SSSR count). The number of hydrogen-bond acceptors (Lipinski definition) is 1. The fraction of sp³-hybridized carbons (Fsp3) is 1.00. The van der Waals surface area contributed by atoms with E-state index in [1.54, 1.807) is 0 Å². The van der Waals surface area contributed by atoms with Gasteiger partial charge in [-0.3, -0.25) is 0 Å². The Morgan fingerprint density at radius 2 is 1.65 bits per heavy atom. The highest BCUT2D eigenvalue weighted by Crippen LogP contribution is 2.38. The Labute approximate surface area is 109 Å². The van der Waals surface area contributed by atoms with Gasteiger partial charge >= 0.3 is 0 Å². The summed E-state index contributed by atoms with van der Waals surface area (Å²) >= 11 is 0. The quantitative estimate of drug-likeness (QED) is 0.755. The van der Waals surface area contributed by atoms with Gasteiger partial charge in [0.1, 0.15) is 0 Å². The van der Waals surface area contributed by atoms with Crippen molar-refractivity contribution in [2.75, 3.05) is 0 Å². The van der Waals surface area contributed by atoms with Crippen LogP contribution in [-0.2, 0) is 0 Å². The predicted molar refractivity (Wildman–Crippen MR) is 77.3 cm³/mol. The van der Waals surface area contributed by atoms with E-state index in [0.29, 0.717) is 11.5 Å². The van der Waals surface area contributed by atoms with Crippen LogP contribution in [0.2, 0.25) is 0 Å². The lowest BCUT2D eigenvalue weighted by Crippen LogP contribution is -2.47. The molecule has 0 saturated heterocycles. The van der Waals surface area contributed by atoms with Gasteiger partial charge in [-0.1, -0.05) is 47.5 Å². The lowest BCUT2D eigenvalue weighted by Gasteiger charge is -2.42. The minimum Gasteiger partial charge on any atom is -0.311 e. The van der Waals surface area contributed by atoms with Gasteiger partial charge in [-0.25, -0.2) is 0 Å². The van der Waals surface area contributed by atoms with Crippen LogP contribution in [0.15, 0.2) is 0 Å². The fourth-order valence-corrected chi connectivity index (χ4v) is 3.51. The van der Waals surface area contributed by atoms with Gasteiger partial charge < -0.3 is 5.32 Å². The zero-order valence-corrected chi connectivity index (χ0v) is 12.8. The van der Waals surface area contributed by atoms with E-state index in [2.05, 4.69) is 46.9 Å². The lowest BCUT2D eigenvalue weighted by atomic mass is 9.69. The van der Waals surface area contributed by atoms with E-state index < -0.39 is 0 Å². The Bertz CT molecular complexity index is 214. The van der Waals surface area contributed by atoms with Crippen molar-refractivity contribution in [1.82, 2.24) is 5.32 Å². The summed E-state index contributed by atoms with van der Waals surface area (Å²) in [6, 6.07) is 1.42. The Kier molecular flexibility index (Phi) is 5.50. The van der Waals surface area contributed by atoms with Gasteiger partial charge in [0.05, 0.1) is 0 Å². The standard InChI is InChI=1S/C16H33N/c1-12(2)11-13(3)17-15-10-8-7-9-14(15)16(4,5)6/h12-15,17H,7-11H2,1-6H3. The summed E-state index contributed by atoms with van der Waals surface area (Å²) in [5.41, 5.74) is 0.454. The first-order valence-electron chi connectivity index (χ1n) is 7.56. The molecular formula is C16H33N. The van der Waals surface area contributed by atoms with Crippen LogP contribution in [0.4, 0.5) is 0 Å². The number of nitrogens with one attached hydrogen (secondary N) is 1. The average Bonchev–Trinajstić information content (AvgIpc) is 2.15. The van der Waals surface area contributed by atoms with Crippen molar-refractivity contribution in [2.24, 2.45) is 17.3 Å². The molecule has 3 atom stereocenters. The Hall–Kier alpha value is -0.0400. The van der Waals surface area contributed by atoms with Crippen molar-refractivity contribution in [3.8, 4) is 0 Å². The van der Waals surface area contributed by atoms with Crippen molar-refractivity contribution in [1.29, 1.82) is 0 Å². The molecule has 1 nitrogen and oxygen atoms in total. The van der Waals surface area contributed by atoms with Gasteiger partial charge in [-0.2, -0.15) is 0 Å². The van der Waals surface area contributed by atoms with Crippen molar-refractivity contribution in [3.05, 3.63) is 0 Å². The summed E-state index contributed by atoms with van der Waals surface area (Å²) in [6.07, 6.45) is 6.94. The summed E-state index contributed by atoms with van der Waals surface area (Å²) in [6.45, 7) is 14.2. The molecule has 102 valence electrons. The summed E-state index contributed by atoms with van der Waals surface area (Å²) < 4.78 is 0. The van der Waals surface area contributed by atoms with Gasteiger partial charge in [0.25, 0.3) is 0 Å². The van der Waals surface area contributed by atoms with Gasteiger partial charge in [0.15, 0.2) is 0 Å². The van der Waals surface area contributed by atoms with Crippen molar-refractivity contribution < 1.29 is 0 Å². The molecule has 3 unspecified atom stereocenters. The first kappa shape index (κ1) is 15.0. The second-order valence-electron chi connectivity index (χ2n) is 7.56. The van der Waals surface area contributed by atoms with Crippen LogP contribution in [-0.4, -0.2) is 12.1 Å². The van der Waals surface area contributed by atoms with Crippen LogP contribution >= 0.6 is 0 Å². The molecule has 1 aliphatic carbocycles. The summed E-state index contributed by atoms with van der Waals surface area (Å²) in [4.78, 5) is 0. The molecule has 0 amide bonds. The normalized spacial score (nSPS) is 28.4. The van der Waals surface area contributed by atoms with E-state index >= 15 is 0 Å². The molecule has 1 fully saturated rings. The third kappa shape index (κ3) is 4.99. The largest absolute Gasteiger partial charge is 0.311 e. The second kappa shape index (κ2) is 6.22. The maximum absolute atomic E-state index is 3.91. The van der Waals surface area contributed by atoms with Crippen molar-refractivity contribution in [2.45, 2.75) is 85.7 Å². The van der Waals surface area contributed by atoms with E-state index in [1.165, 1.54) is 32.1 Å². The van der Waals surface area contributed by atoms with E-state index in [9.17, 15) is 0 Å². The van der Waals surface area contributed by atoms with E-state index in [1.807, 2.05) is 0 Å².